The third-order valence-corrected chi connectivity index (χ3v) is 3.81. The molecule has 1 amide bonds. The Kier molecular flexibility index (Phi) is 4.76. The predicted octanol–water partition coefficient (Wildman–Crippen LogP) is -0.500. The fourth-order valence-electron chi connectivity index (χ4n) is 2.70. The van der Waals surface area contributed by atoms with E-state index in [1.54, 1.807) is 0 Å². The molecule has 2 rings (SSSR count). The second-order valence-electron chi connectivity index (χ2n) is 4.94. The van der Waals surface area contributed by atoms with Crippen LogP contribution in [0.4, 0.5) is 0 Å². The minimum absolute atomic E-state index is 0.0270. The number of aliphatic hydroxyl groups excluding tert-OH is 1. The number of rotatable bonds is 4. The molecule has 1 aliphatic carbocycles. The molecule has 1 aliphatic heterocycles. The zero-order chi connectivity index (χ0) is 12.1. The maximum atomic E-state index is 11.8. The van der Waals surface area contributed by atoms with Crippen LogP contribution in [0, 0.1) is 11.8 Å². The fourth-order valence-corrected chi connectivity index (χ4v) is 2.70. The summed E-state index contributed by atoms with van der Waals surface area (Å²) >= 11 is 0. The van der Waals surface area contributed by atoms with Crippen molar-refractivity contribution in [2.24, 2.45) is 11.8 Å². The van der Waals surface area contributed by atoms with E-state index >= 15 is 0 Å². The third-order valence-electron chi connectivity index (χ3n) is 3.81. The summed E-state index contributed by atoms with van der Waals surface area (Å²) in [4.78, 5) is 11.8. The molecule has 5 heteroatoms. The van der Waals surface area contributed by atoms with Gasteiger partial charge in [0.15, 0.2) is 0 Å². The molecule has 0 radical (unpaired) electrons. The SMILES string of the molecule is O=C(NCC1CCCC1CO)C1CNCCO1. The lowest BCUT2D eigenvalue weighted by atomic mass is 9.97. The molecule has 2 fully saturated rings. The van der Waals surface area contributed by atoms with Gasteiger partial charge in [-0.1, -0.05) is 6.42 Å². The van der Waals surface area contributed by atoms with Gasteiger partial charge in [0.25, 0.3) is 0 Å². The maximum absolute atomic E-state index is 11.8. The summed E-state index contributed by atoms with van der Waals surface area (Å²) < 4.78 is 5.38. The number of hydrogen-bond acceptors (Lipinski definition) is 4. The number of hydrogen-bond donors (Lipinski definition) is 3. The fraction of sp³-hybridized carbons (Fsp3) is 0.917. The second kappa shape index (κ2) is 6.33. The van der Waals surface area contributed by atoms with Gasteiger partial charge >= 0.3 is 0 Å². The number of aliphatic hydroxyl groups is 1. The van der Waals surface area contributed by atoms with Gasteiger partial charge in [-0.2, -0.15) is 0 Å². The molecule has 0 bridgehead atoms. The van der Waals surface area contributed by atoms with Gasteiger partial charge in [0.2, 0.25) is 5.91 Å². The van der Waals surface area contributed by atoms with Gasteiger partial charge in [0, 0.05) is 26.2 Å². The van der Waals surface area contributed by atoms with Gasteiger partial charge in [-0.15, -0.1) is 0 Å². The average molecular weight is 242 g/mol. The van der Waals surface area contributed by atoms with E-state index in [9.17, 15) is 9.90 Å². The summed E-state index contributed by atoms with van der Waals surface area (Å²) in [5.41, 5.74) is 0. The van der Waals surface area contributed by atoms with Crippen molar-refractivity contribution in [1.82, 2.24) is 10.6 Å². The molecule has 0 aromatic heterocycles. The first-order chi connectivity index (χ1) is 8.31. The topological polar surface area (TPSA) is 70.6 Å². The van der Waals surface area contributed by atoms with Crippen molar-refractivity contribution in [2.75, 3.05) is 32.8 Å². The van der Waals surface area contributed by atoms with Gasteiger partial charge in [-0.05, 0) is 24.7 Å². The molecule has 17 heavy (non-hydrogen) atoms. The molecule has 1 saturated carbocycles. The minimum atomic E-state index is -0.349. The average Bonchev–Trinajstić information content (AvgIpc) is 2.84. The lowest BCUT2D eigenvalue weighted by Gasteiger charge is -2.24. The number of carbonyl (C=O) groups is 1. The summed E-state index contributed by atoms with van der Waals surface area (Å²) in [6, 6.07) is 0. The highest BCUT2D eigenvalue weighted by atomic mass is 16.5. The van der Waals surface area contributed by atoms with Crippen LogP contribution in [-0.4, -0.2) is 50.0 Å². The van der Waals surface area contributed by atoms with Crippen LogP contribution in [0.1, 0.15) is 19.3 Å². The molecule has 0 spiro atoms. The van der Waals surface area contributed by atoms with Crippen LogP contribution in [0.2, 0.25) is 0 Å². The smallest absolute Gasteiger partial charge is 0.250 e. The molecule has 3 atom stereocenters. The number of morpholine rings is 1. The van der Waals surface area contributed by atoms with Gasteiger partial charge in [-0.25, -0.2) is 0 Å². The lowest BCUT2D eigenvalue weighted by Crippen LogP contribution is -2.48. The largest absolute Gasteiger partial charge is 0.396 e. The number of carbonyl (C=O) groups excluding carboxylic acids is 1. The Balaban J connectivity index is 1.71. The Morgan fingerprint density at radius 1 is 1.41 bits per heavy atom. The van der Waals surface area contributed by atoms with Crippen LogP contribution in [0.15, 0.2) is 0 Å². The van der Waals surface area contributed by atoms with Crippen molar-refractivity contribution in [1.29, 1.82) is 0 Å². The molecule has 2 aliphatic rings. The quantitative estimate of drug-likeness (QED) is 0.621. The highest BCUT2D eigenvalue weighted by Gasteiger charge is 2.28. The summed E-state index contributed by atoms with van der Waals surface area (Å²) in [6.07, 6.45) is 3.00. The molecule has 3 N–H and O–H groups in total. The molecule has 0 aromatic carbocycles. The highest BCUT2D eigenvalue weighted by molar-refractivity contribution is 5.81. The van der Waals surface area contributed by atoms with E-state index in [0.29, 0.717) is 31.5 Å². The standard InChI is InChI=1S/C12H22N2O3/c15-8-10-3-1-2-9(10)6-14-12(16)11-7-13-4-5-17-11/h9-11,13,15H,1-8H2,(H,14,16). The van der Waals surface area contributed by atoms with E-state index < -0.39 is 0 Å². The van der Waals surface area contributed by atoms with Gasteiger partial charge < -0.3 is 20.5 Å². The van der Waals surface area contributed by atoms with Crippen molar-refractivity contribution in [2.45, 2.75) is 25.4 Å². The van der Waals surface area contributed by atoms with Crippen molar-refractivity contribution in [3.63, 3.8) is 0 Å². The van der Waals surface area contributed by atoms with Gasteiger partial charge in [0.1, 0.15) is 6.10 Å². The normalized spacial score (nSPS) is 33.6. The van der Waals surface area contributed by atoms with Crippen molar-refractivity contribution < 1.29 is 14.6 Å². The number of amides is 1. The van der Waals surface area contributed by atoms with E-state index in [0.717, 1.165) is 25.8 Å². The van der Waals surface area contributed by atoms with Gasteiger partial charge in [-0.3, -0.25) is 4.79 Å². The summed E-state index contributed by atoms with van der Waals surface area (Å²) in [6.45, 7) is 2.92. The molecular formula is C12H22N2O3. The first-order valence-corrected chi connectivity index (χ1v) is 6.52. The molecule has 1 saturated heterocycles. The Bertz CT molecular complexity index is 254. The van der Waals surface area contributed by atoms with Crippen LogP contribution in [0.3, 0.4) is 0 Å². The first-order valence-electron chi connectivity index (χ1n) is 6.52. The molecular weight excluding hydrogens is 220 g/mol. The molecule has 1 heterocycles. The predicted molar refractivity (Wildman–Crippen MR) is 63.5 cm³/mol. The van der Waals surface area contributed by atoms with E-state index in [4.69, 9.17) is 4.74 Å². The van der Waals surface area contributed by atoms with E-state index in [2.05, 4.69) is 10.6 Å². The van der Waals surface area contributed by atoms with Crippen molar-refractivity contribution in [3.8, 4) is 0 Å². The van der Waals surface area contributed by atoms with Crippen LogP contribution < -0.4 is 10.6 Å². The summed E-state index contributed by atoms with van der Waals surface area (Å²) in [7, 11) is 0. The second-order valence-corrected chi connectivity index (χ2v) is 4.94. The van der Waals surface area contributed by atoms with Crippen molar-refractivity contribution in [3.05, 3.63) is 0 Å². The van der Waals surface area contributed by atoms with Crippen LogP contribution in [0.5, 0.6) is 0 Å². The Hall–Kier alpha value is -0.650. The zero-order valence-corrected chi connectivity index (χ0v) is 10.2. The zero-order valence-electron chi connectivity index (χ0n) is 10.2. The van der Waals surface area contributed by atoms with E-state index in [-0.39, 0.29) is 18.6 Å². The first kappa shape index (κ1) is 12.8. The lowest BCUT2D eigenvalue weighted by molar-refractivity contribution is -0.134. The highest BCUT2D eigenvalue weighted by Crippen LogP contribution is 2.30. The number of nitrogens with one attached hydrogen (secondary N) is 2. The van der Waals surface area contributed by atoms with Gasteiger partial charge in [0.05, 0.1) is 6.61 Å². The van der Waals surface area contributed by atoms with Crippen LogP contribution >= 0.6 is 0 Å². The molecule has 0 aromatic rings. The van der Waals surface area contributed by atoms with Crippen LogP contribution in [-0.2, 0) is 9.53 Å². The molecule has 5 nitrogen and oxygen atoms in total. The minimum Gasteiger partial charge on any atom is -0.396 e. The molecule has 3 unspecified atom stereocenters. The number of ether oxygens (including phenoxy) is 1. The Morgan fingerprint density at radius 2 is 2.24 bits per heavy atom. The van der Waals surface area contributed by atoms with Crippen LogP contribution in [0.25, 0.3) is 0 Å². The Labute approximate surface area is 102 Å². The van der Waals surface area contributed by atoms with Crippen molar-refractivity contribution >= 4 is 5.91 Å². The monoisotopic (exact) mass is 242 g/mol. The summed E-state index contributed by atoms with van der Waals surface area (Å²) in [5.74, 6) is 0.766. The third kappa shape index (κ3) is 3.40. The maximum Gasteiger partial charge on any atom is 0.250 e. The Morgan fingerprint density at radius 3 is 2.94 bits per heavy atom. The molecule has 98 valence electrons. The van der Waals surface area contributed by atoms with E-state index in [1.807, 2.05) is 0 Å². The summed E-state index contributed by atoms with van der Waals surface area (Å²) in [5, 5.41) is 15.3. The van der Waals surface area contributed by atoms with E-state index in [1.165, 1.54) is 0 Å².